The van der Waals surface area contributed by atoms with Crippen molar-refractivity contribution in [2.45, 2.75) is 45.5 Å². The molecule has 0 saturated carbocycles. The molecule has 2 rings (SSSR count). The minimum absolute atomic E-state index is 0.0501. The minimum Gasteiger partial charge on any atom is -0.368 e. The van der Waals surface area contributed by atoms with E-state index in [1.54, 1.807) is 6.20 Å². The highest BCUT2D eigenvalue weighted by molar-refractivity contribution is 5.83. The second-order valence-electron chi connectivity index (χ2n) is 5.45. The summed E-state index contributed by atoms with van der Waals surface area (Å²) in [5.74, 6) is 0.822. The molecule has 1 aromatic carbocycles. The smallest absolute Gasteiger partial charge is 0.161 e. The summed E-state index contributed by atoms with van der Waals surface area (Å²) in [6, 6.07) is 8.36. The summed E-state index contributed by atoms with van der Waals surface area (Å²) < 4.78 is 5.82. The zero-order chi connectivity index (χ0) is 15.9. The van der Waals surface area contributed by atoms with Crippen LogP contribution in [0.1, 0.15) is 31.4 Å². The lowest BCUT2D eigenvalue weighted by Crippen LogP contribution is -2.32. The van der Waals surface area contributed by atoms with Crippen molar-refractivity contribution >= 4 is 5.84 Å². The zero-order valence-electron chi connectivity index (χ0n) is 13.5. The standard InChI is InChI=1S/C18H26N2O2/c1-4-19-17(20(5-2)6-3)13-18(21)22-16-11-14-9-7-8-10-15(14)12-16/h5,7-10,16,18,21H,2,4,6,11-13H2,1,3H3/b19-17+. The summed E-state index contributed by atoms with van der Waals surface area (Å²) in [7, 11) is 0. The third kappa shape index (κ3) is 4.18. The predicted molar refractivity (Wildman–Crippen MR) is 89.9 cm³/mol. The zero-order valence-corrected chi connectivity index (χ0v) is 13.5. The molecule has 0 aromatic heterocycles. The SMILES string of the molecule is C=CN(CC)/C(CC(O)OC1Cc2ccccc2C1)=N/CC. The van der Waals surface area contributed by atoms with E-state index in [4.69, 9.17) is 4.74 Å². The predicted octanol–water partition coefficient (Wildman–Crippen LogP) is 2.76. The summed E-state index contributed by atoms with van der Waals surface area (Å²) in [6.07, 6.45) is 3.08. The average molecular weight is 302 g/mol. The molecule has 4 nitrogen and oxygen atoms in total. The van der Waals surface area contributed by atoms with Crippen molar-refractivity contribution in [1.82, 2.24) is 4.90 Å². The number of ether oxygens (including phenoxy) is 1. The van der Waals surface area contributed by atoms with Crippen molar-refractivity contribution < 1.29 is 9.84 Å². The van der Waals surface area contributed by atoms with Crippen LogP contribution in [0.3, 0.4) is 0 Å². The highest BCUT2D eigenvalue weighted by atomic mass is 16.6. The van der Waals surface area contributed by atoms with Crippen molar-refractivity contribution in [3.8, 4) is 0 Å². The molecule has 0 amide bonds. The summed E-state index contributed by atoms with van der Waals surface area (Å²) in [6.45, 7) is 9.28. The van der Waals surface area contributed by atoms with Crippen LogP contribution in [-0.2, 0) is 17.6 Å². The highest BCUT2D eigenvalue weighted by Crippen LogP contribution is 2.24. The van der Waals surface area contributed by atoms with Crippen LogP contribution in [0, 0.1) is 0 Å². The van der Waals surface area contributed by atoms with E-state index in [2.05, 4.69) is 23.7 Å². The number of benzene rings is 1. The van der Waals surface area contributed by atoms with Gasteiger partial charge in [-0.1, -0.05) is 30.8 Å². The molecular formula is C18H26N2O2. The van der Waals surface area contributed by atoms with Gasteiger partial charge in [0.05, 0.1) is 12.5 Å². The van der Waals surface area contributed by atoms with Gasteiger partial charge < -0.3 is 14.7 Å². The van der Waals surface area contributed by atoms with Gasteiger partial charge in [-0.15, -0.1) is 0 Å². The molecule has 120 valence electrons. The van der Waals surface area contributed by atoms with E-state index in [-0.39, 0.29) is 6.10 Å². The van der Waals surface area contributed by atoms with Crippen molar-refractivity contribution in [2.75, 3.05) is 13.1 Å². The minimum atomic E-state index is -0.835. The lowest BCUT2D eigenvalue weighted by Gasteiger charge is -2.24. The van der Waals surface area contributed by atoms with Gasteiger partial charge in [-0.3, -0.25) is 4.99 Å². The first-order chi connectivity index (χ1) is 10.7. The van der Waals surface area contributed by atoms with Gasteiger partial charge in [-0.2, -0.15) is 0 Å². The maximum absolute atomic E-state index is 10.3. The molecule has 1 unspecified atom stereocenters. The maximum Gasteiger partial charge on any atom is 0.161 e. The van der Waals surface area contributed by atoms with Gasteiger partial charge in [0.25, 0.3) is 0 Å². The number of aliphatic hydroxyl groups is 1. The van der Waals surface area contributed by atoms with E-state index in [0.29, 0.717) is 13.0 Å². The first-order valence-corrected chi connectivity index (χ1v) is 8.00. The van der Waals surface area contributed by atoms with Gasteiger partial charge in [0, 0.05) is 13.1 Å². The lowest BCUT2D eigenvalue weighted by atomic mass is 10.1. The summed E-state index contributed by atoms with van der Waals surface area (Å²) >= 11 is 0. The fourth-order valence-corrected chi connectivity index (χ4v) is 2.91. The maximum atomic E-state index is 10.3. The molecule has 0 aliphatic heterocycles. The molecule has 0 spiro atoms. The Morgan fingerprint density at radius 1 is 1.41 bits per heavy atom. The second kappa shape index (κ2) is 8.11. The molecule has 1 aromatic rings. The monoisotopic (exact) mass is 302 g/mol. The largest absolute Gasteiger partial charge is 0.368 e. The number of aliphatic hydroxyl groups excluding tert-OH is 1. The van der Waals surface area contributed by atoms with Crippen molar-refractivity contribution in [2.24, 2.45) is 4.99 Å². The van der Waals surface area contributed by atoms with Gasteiger partial charge in [0.2, 0.25) is 0 Å². The Balaban J connectivity index is 1.91. The van der Waals surface area contributed by atoms with Gasteiger partial charge in [0.15, 0.2) is 6.29 Å². The molecule has 1 aliphatic rings. The number of fused-ring (bicyclic) bond motifs is 1. The van der Waals surface area contributed by atoms with E-state index < -0.39 is 6.29 Å². The van der Waals surface area contributed by atoms with Crippen LogP contribution < -0.4 is 0 Å². The Hall–Kier alpha value is -1.65. The number of aliphatic imine (C=N–C) groups is 1. The molecule has 1 aliphatic carbocycles. The van der Waals surface area contributed by atoms with E-state index in [1.807, 2.05) is 30.9 Å². The normalized spacial score (nSPS) is 16.4. The Morgan fingerprint density at radius 2 is 2.05 bits per heavy atom. The van der Waals surface area contributed by atoms with Crippen LogP contribution in [0.15, 0.2) is 42.0 Å². The molecule has 4 heteroatoms. The molecule has 0 saturated heterocycles. The van der Waals surface area contributed by atoms with Crippen molar-refractivity contribution in [3.63, 3.8) is 0 Å². The summed E-state index contributed by atoms with van der Waals surface area (Å²) in [4.78, 5) is 6.40. The number of rotatable bonds is 7. The van der Waals surface area contributed by atoms with E-state index in [9.17, 15) is 5.11 Å². The lowest BCUT2D eigenvalue weighted by molar-refractivity contribution is -0.127. The Morgan fingerprint density at radius 3 is 2.55 bits per heavy atom. The quantitative estimate of drug-likeness (QED) is 0.478. The van der Waals surface area contributed by atoms with E-state index in [0.717, 1.165) is 25.2 Å². The number of hydrogen-bond donors (Lipinski definition) is 1. The molecule has 1 N–H and O–H groups in total. The fourth-order valence-electron chi connectivity index (χ4n) is 2.91. The van der Waals surface area contributed by atoms with Crippen LogP contribution in [0.2, 0.25) is 0 Å². The Kier molecular flexibility index (Phi) is 6.16. The van der Waals surface area contributed by atoms with E-state index in [1.165, 1.54) is 11.1 Å². The van der Waals surface area contributed by atoms with Crippen LogP contribution in [-0.4, -0.2) is 41.3 Å². The first kappa shape index (κ1) is 16.7. The van der Waals surface area contributed by atoms with E-state index >= 15 is 0 Å². The molecule has 0 radical (unpaired) electrons. The van der Waals surface area contributed by atoms with Crippen molar-refractivity contribution in [1.29, 1.82) is 0 Å². The molecule has 0 heterocycles. The molecule has 0 fully saturated rings. The highest BCUT2D eigenvalue weighted by Gasteiger charge is 2.25. The molecule has 22 heavy (non-hydrogen) atoms. The topological polar surface area (TPSA) is 45.1 Å². The van der Waals surface area contributed by atoms with Gasteiger partial charge in [-0.25, -0.2) is 0 Å². The molecule has 0 bridgehead atoms. The fraction of sp³-hybridized carbons (Fsp3) is 0.500. The van der Waals surface area contributed by atoms with Crippen LogP contribution >= 0.6 is 0 Å². The number of hydrogen-bond acceptors (Lipinski definition) is 3. The Bertz CT molecular complexity index is 503. The summed E-state index contributed by atoms with van der Waals surface area (Å²) in [5, 5.41) is 10.3. The average Bonchev–Trinajstić information content (AvgIpc) is 2.90. The number of nitrogens with zero attached hydrogens (tertiary/aromatic N) is 2. The second-order valence-corrected chi connectivity index (χ2v) is 5.45. The summed E-state index contributed by atoms with van der Waals surface area (Å²) in [5.41, 5.74) is 2.65. The third-order valence-electron chi connectivity index (χ3n) is 3.95. The Labute approximate surface area is 133 Å². The van der Waals surface area contributed by atoms with Gasteiger partial charge >= 0.3 is 0 Å². The number of amidine groups is 1. The van der Waals surface area contributed by atoms with Crippen LogP contribution in [0.4, 0.5) is 0 Å². The van der Waals surface area contributed by atoms with Gasteiger partial charge in [-0.05, 0) is 44.0 Å². The van der Waals surface area contributed by atoms with Crippen molar-refractivity contribution in [3.05, 3.63) is 48.2 Å². The van der Waals surface area contributed by atoms with Crippen LogP contribution in [0.25, 0.3) is 0 Å². The third-order valence-corrected chi connectivity index (χ3v) is 3.95. The molecular weight excluding hydrogens is 276 g/mol. The molecule has 1 atom stereocenters. The van der Waals surface area contributed by atoms with Crippen LogP contribution in [0.5, 0.6) is 0 Å². The van der Waals surface area contributed by atoms with Gasteiger partial charge in [0.1, 0.15) is 5.84 Å². The first-order valence-electron chi connectivity index (χ1n) is 8.00.